The SMILES string of the molecule is CCN(CCC(=O)O)C(=O)[C@@H]1C[C@@H]1c1sccc1C. The van der Waals surface area contributed by atoms with Crippen molar-refractivity contribution in [3.63, 3.8) is 0 Å². The van der Waals surface area contributed by atoms with E-state index in [1.807, 2.05) is 6.92 Å². The van der Waals surface area contributed by atoms with Gasteiger partial charge in [0.1, 0.15) is 0 Å². The monoisotopic (exact) mass is 281 g/mol. The van der Waals surface area contributed by atoms with E-state index in [4.69, 9.17) is 5.11 Å². The van der Waals surface area contributed by atoms with Crippen LogP contribution in [-0.2, 0) is 9.59 Å². The molecule has 0 saturated heterocycles. The molecule has 0 aromatic carbocycles. The lowest BCUT2D eigenvalue weighted by atomic mass is 10.2. The number of thiophene rings is 1. The van der Waals surface area contributed by atoms with Crippen LogP contribution in [0.5, 0.6) is 0 Å². The zero-order chi connectivity index (χ0) is 14.0. The first-order valence-corrected chi connectivity index (χ1v) is 7.47. The number of aryl methyl sites for hydroxylation is 1. The highest BCUT2D eigenvalue weighted by atomic mass is 32.1. The van der Waals surface area contributed by atoms with Gasteiger partial charge in [0.2, 0.25) is 5.91 Å². The van der Waals surface area contributed by atoms with Gasteiger partial charge in [0, 0.05) is 29.8 Å². The lowest BCUT2D eigenvalue weighted by molar-refractivity contribution is -0.138. The Morgan fingerprint density at radius 1 is 1.53 bits per heavy atom. The number of nitrogens with zero attached hydrogens (tertiary/aromatic N) is 1. The zero-order valence-electron chi connectivity index (χ0n) is 11.3. The number of carbonyl (C=O) groups excluding carboxylic acids is 1. The van der Waals surface area contributed by atoms with Gasteiger partial charge in [-0.2, -0.15) is 0 Å². The molecule has 0 unspecified atom stereocenters. The molecular formula is C14H19NO3S. The van der Waals surface area contributed by atoms with Gasteiger partial charge in [0.25, 0.3) is 0 Å². The summed E-state index contributed by atoms with van der Waals surface area (Å²) in [6, 6.07) is 2.09. The van der Waals surface area contributed by atoms with E-state index in [1.54, 1.807) is 16.2 Å². The van der Waals surface area contributed by atoms with Crippen molar-refractivity contribution in [3.05, 3.63) is 21.9 Å². The first kappa shape index (κ1) is 14.1. The van der Waals surface area contributed by atoms with E-state index in [0.717, 1.165) is 6.42 Å². The third-order valence-electron chi connectivity index (χ3n) is 3.64. The summed E-state index contributed by atoms with van der Waals surface area (Å²) in [7, 11) is 0. The van der Waals surface area contributed by atoms with Gasteiger partial charge < -0.3 is 10.0 Å². The van der Waals surface area contributed by atoms with Gasteiger partial charge in [-0.25, -0.2) is 0 Å². The van der Waals surface area contributed by atoms with Crippen molar-refractivity contribution in [2.45, 2.75) is 32.6 Å². The second kappa shape index (κ2) is 5.74. The molecule has 2 rings (SSSR count). The summed E-state index contributed by atoms with van der Waals surface area (Å²) in [5, 5.41) is 10.8. The Kier molecular flexibility index (Phi) is 4.24. The number of hydrogen-bond acceptors (Lipinski definition) is 3. The number of carboxylic acid groups (broad SMARTS) is 1. The highest BCUT2D eigenvalue weighted by Gasteiger charge is 2.46. The standard InChI is InChI=1S/C14H19NO3S/c1-3-15(6-4-12(16)17)14(18)11-8-10(11)13-9(2)5-7-19-13/h5,7,10-11H,3-4,6,8H2,1-2H3,(H,16,17)/t10-,11+/m0/s1. The van der Waals surface area contributed by atoms with Gasteiger partial charge in [-0.15, -0.1) is 11.3 Å². The van der Waals surface area contributed by atoms with E-state index in [2.05, 4.69) is 18.4 Å². The van der Waals surface area contributed by atoms with E-state index in [-0.39, 0.29) is 18.2 Å². The molecule has 0 spiro atoms. The maximum absolute atomic E-state index is 12.3. The molecule has 0 bridgehead atoms. The normalized spacial score (nSPS) is 21.2. The fourth-order valence-electron chi connectivity index (χ4n) is 2.41. The number of amides is 1. The van der Waals surface area contributed by atoms with E-state index in [0.29, 0.717) is 19.0 Å². The highest BCUT2D eigenvalue weighted by molar-refractivity contribution is 7.10. The third kappa shape index (κ3) is 3.15. The molecule has 1 fully saturated rings. The number of carbonyl (C=O) groups is 2. The van der Waals surface area contributed by atoms with Crippen LogP contribution in [0.3, 0.4) is 0 Å². The summed E-state index contributed by atoms with van der Waals surface area (Å²) in [6.45, 7) is 4.87. The van der Waals surface area contributed by atoms with Gasteiger partial charge in [-0.1, -0.05) is 0 Å². The Morgan fingerprint density at radius 2 is 2.26 bits per heavy atom. The van der Waals surface area contributed by atoms with Crippen LogP contribution in [-0.4, -0.2) is 35.0 Å². The lowest BCUT2D eigenvalue weighted by Gasteiger charge is -2.20. The van der Waals surface area contributed by atoms with Crippen LogP contribution in [0.1, 0.15) is 36.1 Å². The maximum atomic E-state index is 12.3. The zero-order valence-corrected chi connectivity index (χ0v) is 12.1. The molecule has 2 atom stereocenters. The molecule has 1 N–H and O–H groups in total. The van der Waals surface area contributed by atoms with Crippen molar-refractivity contribution in [1.29, 1.82) is 0 Å². The van der Waals surface area contributed by atoms with Crippen molar-refractivity contribution in [1.82, 2.24) is 4.90 Å². The Labute approximate surface area is 117 Å². The summed E-state index contributed by atoms with van der Waals surface area (Å²) in [5.74, 6) is -0.327. The number of hydrogen-bond donors (Lipinski definition) is 1. The van der Waals surface area contributed by atoms with Crippen molar-refractivity contribution in [2.75, 3.05) is 13.1 Å². The minimum absolute atomic E-state index is 0.0228. The molecule has 104 valence electrons. The maximum Gasteiger partial charge on any atom is 0.305 e. The topological polar surface area (TPSA) is 57.6 Å². The van der Waals surface area contributed by atoms with Crippen LogP contribution >= 0.6 is 11.3 Å². The van der Waals surface area contributed by atoms with Gasteiger partial charge >= 0.3 is 5.97 Å². The van der Waals surface area contributed by atoms with Crippen LogP contribution < -0.4 is 0 Å². The summed E-state index contributed by atoms with van der Waals surface area (Å²) in [5.41, 5.74) is 1.26. The van der Waals surface area contributed by atoms with Gasteiger partial charge in [-0.3, -0.25) is 9.59 Å². The summed E-state index contributed by atoms with van der Waals surface area (Å²) in [4.78, 5) is 25.9. The average Bonchev–Trinajstić information content (AvgIpc) is 3.05. The predicted octanol–water partition coefficient (Wildman–Crippen LogP) is 2.48. The molecular weight excluding hydrogens is 262 g/mol. The molecule has 1 aliphatic carbocycles. The Bertz CT molecular complexity index is 483. The Balaban J connectivity index is 1.94. The van der Waals surface area contributed by atoms with Crippen LogP contribution in [0.4, 0.5) is 0 Å². The van der Waals surface area contributed by atoms with Crippen molar-refractivity contribution in [2.24, 2.45) is 5.92 Å². The highest BCUT2D eigenvalue weighted by Crippen LogP contribution is 2.51. The van der Waals surface area contributed by atoms with E-state index in [1.165, 1.54) is 10.4 Å². The quantitative estimate of drug-likeness (QED) is 0.871. The minimum Gasteiger partial charge on any atom is -0.481 e. The molecule has 19 heavy (non-hydrogen) atoms. The van der Waals surface area contributed by atoms with Crippen LogP contribution in [0, 0.1) is 12.8 Å². The van der Waals surface area contributed by atoms with E-state index < -0.39 is 5.97 Å². The first-order chi connectivity index (χ1) is 9.04. The van der Waals surface area contributed by atoms with Crippen molar-refractivity contribution in [3.8, 4) is 0 Å². The molecule has 1 heterocycles. The second-order valence-corrected chi connectivity index (χ2v) is 5.93. The molecule has 1 amide bonds. The molecule has 1 aromatic heterocycles. The van der Waals surface area contributed by atoms with Crippen molar-refractivity contribution < 1.29 is 14.7 Å². The minimum atomic E-state index is -0.854. The summed E-state index contributed by atoms with van der Waals surface area (Å²) >= 11 is 1.71. The smallest absolute Gasteiger partial charge is 0.305 e. The Morgan fingerprint density at radius 3 is 2.79 bits per heavy atom. The van der Waals surface area contributed by atoms with Crippen LogP contribution in [0.2, 0.25) is 0 Å². The fourth-order valence-corrected chi connectivity index (χ4v) is 3.52. The molecule has 0 radical (unpaired) electrons. The number of rotatable bonds is 6. The number of aliphatic carboxylic acids is 1. The molecule has 5 heteroatoms. The Hall–Kier alpha value is -1.36. The molecule has 0 aliphatic heterocycles. The molecule has 1 aliphatic rings. The van der Waals surface area contributed by atoms with E-state index >= 15 is 0 Å². The predicted molar refractivity (Wildman–Crippen MR) is 74.4 cm³/mol. The average molecular weight is 281 g/mol. The lowest BCUT2D eigenvalue weighted by Crippen LogP contribution is -2.34. The molecule has 1 aromatic rings. The van der Waals surface area contributed by atoms with Gasteiger partial charge in [0.05, 0.1) is 6.42 Å². The van der Waals surface area contributed by atoms with Crippen LogP contribution in [0.15, 0.2) is 11.4 Å². The third-order valence-corrected chi connectivity index (χ3v) is 4.79. The fraction of sp³-hybridized carbons (Fsp3) is 0.571. The molecule has 4 nitrogen and oxygen atoms in total. The van der Waals surface area contributed by atoms with Crippen molar-refractivity contribution >= 4 is 23.2 Å². The first-order valence-electron chi connectivity index (χ1n) is 6.59. The largest absolute Gasteiger partial charge is 0.481 e. The molecule has 1 saturated carbocycles. The summed E-state index contributed by atoms with van der Waals surface area (Å²) in [6.07, 6.45) is 0.929. The second-order valence-electron chi connectivity index (χ2n) is 4.98. The van der Waals surface area contributed by atoms with Gasteiger partial charge in [0.15, 0.2) is 0 Å². The van der Waals surface area contributed by atoms with Gasteiger partial charge in [-0.05, 0) is 37.3 Å². The van der Waals surface area contributed by atoms with Crippen LogP contribution in [0.25, 0.3) is 0 Å². The summed E-state index contributed by atoms with van der Waals surface area (Å²) < 4.78 is 0. The van der Waals surface area contributed by atoms with E-state index in [9.17, 15) is 9.59 Å². The number of carboxylic acids is 1.